The first-order valence-corrected chi connectivity index (χ1v) is 8.49. The molecule has 1 amide bonds. The van der Waals surface area contributed by atoms with E-state index in [-0.39, 0.29) is 5.91 Å². The molecule has 1 N–H and O–H groups in total. The number of carbonyl (C=O) groups excluding carboxylic acids is 1. The Balaban J connectivity index is 1.74. The Bertz CT molecular complexity index is 689. The molecule has 4 nitrogen and oxygen atoms in total. The van der Waals surface area contributed by atoms with Gasteiger partial charge in [-0.15, -0.1) is 0 Å². The standard InChI is InChI=1S/C17H19N3OS/c1-12-3-4-13(2)20(12)16-7-5-14(6-8-16)17(21)19-18-15-9-10-22-11-15/h3-8H,9-11H2,1-2H3,(H,19,21)/b18-15+. The van der Waals surface area contributed by atoms with Crippen molar-refractivity contribution in [2.75, 3.05) is 11.5 Å². The zero-order valence-electron chi connectivity index (χ0n) is 12.8. The van der Waals surface area contributed by atoms with Gasteiger partial charge in [-0.3, -0.25) is 4.79 Å². The average Bonchev–Trinajstić information content (AvgIpc) is 3.15. The molecule has 1 aromatic carbocycles. The summed E-state index contributed by atoms with van der Waals surface area (Å²) in [5, 5.41) is 4.19. The van der Waals surface area contributed by atoms with Gasteiger partial charge in [0, 0.05) is 34.1 Å². The maximum Gasteiger partial charge on any atom is 0.271 e. The summed E-state index contributed by atoms with van der Waals surface area (Å²) in [4.78, 5) is 12.1. The number of nitrogens with one attached hydrogen (secondary N) is 1. The Kier molecular flexibility index (Phi) is 4.34. The van der Waals surface area contributed by atoms with E-state index in [1.807, 2.05) is 36.0 Å². The molecule has 1 aliphatic heterocycles. The highest BCUT2D eigenvalue weighted by Gasteiger charge is 2.10. The van der Waals surface area contributed by atoms with Crippen molar-refractivity contribution in [3.63, 3.8) is 0 Å². The zero-order valence-corrected chi connectivity index (χ0v) is 13.6. The lowest BCUT2D eigenvalue weighted by Gasteiger charge is -2.10. The van der Waals surface area contributed by atoms with Crippen LogP contribution in [0, 0.1) is 13.8 Å². The van der Waals surface area contributed by atoms with Crippen LogP contribution in [-0.2, 0) is 0 Å². The number of rotatable bonds is 3. The van der Waals surface area contributed by atoms with Gasteiger partial charge in [0.15, 0.2) is 0 Å². The number of nitrogens with zero attached hydrogens (tertiary/aromatic N) is 2. The van der Waals surface area contributed by atoms with E-state index in [1.54, 1.807) is 0 Å². The van der Waals surface area contributed by atoms with Gasteiger partial charge in [0.05, 0.1) is 0 Å². The molecule has 0 radical (unpaired) electrons. The van der Waals surface area contributed by atoms with Gasteiger partial charge in [-0.05, 0) is 62.4 Å². The van der Waals surface area contributed by atoms with Crippen LogP contribution in [0.25, 0.3) is 5.69 Å². The number of hydrazone groups is 1. The number of aromatic nitrogens is 1. The van der Waals surface area contributed by atoms with E-state index >= 15 is 0 Å². The SMILES string of the molecule is Cc1ccc(C)n1-c1ccc(C(=O)N/N=C2\CCSC2)cc1. The molecule has 2 aromatic rings. The first-order chi connectivity index (χ1) is 10.6. The maximum absolute atomic E-state index is 12.1. The monoisotopic (exact) mass is 313 g/mol. The Morgan fingerprint density at radius 2 is 1.82 bits per heavy atom. The average molecular weight is 313 g/mol. The van der Waals surface area contributed by atoms with Crippen LogP contribution >= 0.6 is 11.8 Å². The highest BCUT2D eigenvalue weighted by Crippen LogP contribution is 2.17. The number of benzene rings is 1. The van der Waals surface area contributed by atoms with E-state index in [2.05, 4.69) is 41.1 Å². The summed E-state index contributed by atoms with van der Waals surface area (Å²) < 4.78 is 2.16. The Labute approximate surface area is 134 Å². The van der Waals surface area contributed by atoms with Gasteiger partial charge >= 0.3 is 0 Å². The fourth-order valence-electron chi connectivity index (χ4n) is 2.57. The van der Waals surface area contributed by atoms with Gasteiger partial charge in [-0.1, -0.05) is 0 Å². The van der Waals surface area contributed by atoms with Crippen LogP contribution < -0.4 is 5.43 Å². The smallest absolute Gasteiger partial charge is 0.271 e. The molecule has 1 aromatic heterocycles. The van der Waals surface area contributed by atoms with Gasteiger partial charge in [-0.2, -0.15) is 16.9 Å². The molecule has 1 aliphatic rings. The van der Waals surface area contributed by atoms with E-state index < -0.39 is 0 Å². The summed E-state index contributed by atoms with van der Waals surface area (Å²) in [7, 11) is 0. The van der Waals surface area contributed by atoms with Gasteiger partial charge in [0.1, 0.15) is 0 Å². The van der Waals surface area contributed by atoms with Gasteiger partial charge in [0.25, 0.3) is 5.91 Å². The largest absolute Gasteiger partial charge is 0.319 e. The minimum Gasteiger partial charge on any atom is -0.319 e. The molecule has 1 saturated heterocycles. The van der Waals surface area contributed by atoms with Crippen LogP contribution in [0.15, 0.2) is 41.5 Å². The van der Waals surface area contributed by atoms with E-state index in [1.165, 1.54) is 11.4 Å². The molecule has 0 bridgehead atoms. The summed E-state index contributed by atoms with van der Waals surface area (Å²) in [5.74, 6) is 1.86. The van der Waals surface area contributed by atoms with Crippen molar-refractivity contribution in [2.24, 2.45) is 5.10 Å². The van der Waals surface area contributed by atoms with Crippen LogP contribution in [0.2, 0.25) is 0 Å². The maximum atomic E-state index is 12.1. The van der Waals surface area contributed by atoms with Crippen molar-refractivity contribution >= 4 is 23.4 Å². The van der Waals surface area contributed by atoms with Crippen molar-refractivity contribution in [3.05, 3.63) is 53.3 Å². The number of hydrogen-bond acceptors (Lipinski definition) is 3. The predicted octanol–water partition coefficient (Wildman–Crippen LogP) is 3.32. The molecule has 114 valence electrons. The van der Waals surface area contributed by atoms with E-state index in [0.717, 1.165) is 29.3 Å². The fourth-order valence-corrected chi connectivity index (χ4v) is 3.54. The van der Waals surface area contributed by atoms with Crippen molar-refractivity contribution in [1.82, 2.24) is 9.99 Å². The molecule has 22 heavy (non-hydrogen) atoms. The molecule has 1 fully saturated rings. The van der Waals surface area contributed by atoms with Gasteiger partial charge in [-0.25, -0.2) is 5.43 Å². The fraction of sp³-hybridized carbons (Fsp3) is 0.294. The molecule has 0 aliphatic carbocycles. The molecule has 5 heteroatoms. The van der Waals surface area contributed by atoms with E-state index in [0.29, 0.717) is 5.56 Å². The van der Waals surface area contributed by atoms with Crippen LogP contribution in [0.4, 0.5) is 0 Å². The van der Waals surface area contributed by atoms with Crippen LogP contribution in [-0.4, -0.2) is 27.7 Å². The van der Waals surface area contributed by atoms with Gasteiger partial charge < -0.3 is 4.57 Å². The van der Waals surface area contributed by atoms with Gasteiger partial charge in [0.2, 0.25) is 0 Å². The summed E-state index contributed by atoms with van der Waals surface area (Å²) in [5.41, 5.74) is 7.76. The summed E-state index contributed by atoms with van der Waals surface area (Å²) >= 11 is 1.85. The van der Waals surface area contributed by atoms with Crippen molar-refractivity contribution in [2.45, 2.75) is 20.3 Å². The quantitative estimate of drug-likeness (QED) is 0.884. The molecular weight excluding hydrogens is 294 g/mol. The molecule has 2 heterocycles. The molecule has 0 unspecified atom stereocenters. The summed E-state index contributed by atoms with van der Waals surface area (Å²) in [6, 6.07) is 11.8. The lowest BCUT2D eigenvalue weighted by Crippen LogP contribution is -2.19. The highest BCUT2D eigenvalue weighted by molar-refractivity contribution is 8.00. The van der Waals surface area contributed by atoms with Crippen molar-refractivity contribution in [1.29, 1.82) is 0 Å². The molecule has 3 rings (SSSR count). The Hall–Kier alpha value is -2.01. The highest BCUT2D eigenvalue weighted by atomic mass is 32.2. The predicted molar refractivity (Wildman–Crippen MR) is 92.1 cm³/mol. The van der Waals surface area contributed by atoms with E-state index in [4.69, 9.17) is 0 Å². The number of thioether (sulfide) groups is 1. The number of aryl methyl sites for hydroxylation is 2. The number of amides is 1. The second kappa shape index (κ2) is 6.40. The summed E-state index contributed by atoms with van der Waals surface area (Å²) in [6.45, 7) is 4.15. The van der Waals surface area contributed by atoms with Crippen LogP contribution in [0.3, 0.4) is 0 Å². The normalized spacial score (nSPS) is 16.2. The lowest BCUT2D eigenvalue weighted by molar-refractivity contribution is 0.0955. The second-order valence-electron chi connectivity index (χ2n) is 5.42. The lowest BCUT2D eigenvalue weighted by atomic mass is 10.2. The Morgan fingerprint density at radius 3 is 2.41 bits per heavy atom. The molecular formula is C17H19N3OS. The zero-order chi connectivity index (χ0) is 15.5. The molecule has 0 atom stereocenters. The Morgan fingerprint density at radius 1 is 1.14 bits per heavy atom. The topological polar surface area (TPSA) is 46.4 Å². The third-order valence-electron chi connectivity index (χ3n) is 3.78. The number of carbonyl (C=O) groups is 1. The molecule has 0 saturated carbocycles. The number of hydrogen-bond donors (Lipinski definition) is 1. The first kappa shape index (κ1) is 14.9. The second-order valence-corrected chi connectivity index (χ2v) is 6.53. The van der Waals surface area contributed by atoms with E-state index in [9.17, 15) is 4.79 Å². The van der Waals surface area contributed by atoms with Crippen LogP contribution in [0.5, 0.6) is 0 Å². The van der Waals surface area contributed by atoms with Crippen molar-refractivity contribution < 1.29 is 4.79 Å². The third kappa shape index (κ3) is 3.09. The minimum atomic E-state index is -0.156. The minimum absolute atomic E-state index is 0.156. The van der Waals surface area contributed by atoms with Crippen molar-refractivity contribution in [3.8, 4) is 5.69 Å². The van der Waals surface area contributed by atoms with Crippen LogP contribution in [0.1, 0.15) is 28.2 Å². The molecule has 0 spiro atoms. The first-order valence-electron chi connectivity index (χ1n) is 7.34. The summed E-state index contributed by atoms with van der Waals surface area (Å²) in [6.07, 6.45) is 0.968. The third-order valence-corrected chi connectivity index (χ3v) is 4.81.